The largest absolute Gasteiger partial charge is 0.475 e. The van der Waals surface area contributed by atoms with Crippen molar-refractivity contribution in [2.75, 3.05) is 32.7 Å². The molecule has 0 radical (unpaired) electrons. The Morgan fingerprint density at radius 3 is 2.33 bits per heavy atom. The molecule has 4 bridgehead atoms. The van der Waals surface area contributed by atoms with E-state index in [1.165, 1.54) is 32.1 Å². The van der Waals surface area contributed by atoms with Gasteiger partial charge in [-0.3, -0.25) is 4.79 Å². The van der Waals surface area contributed by atoms with E-state index < -0.39 is 0 Å². The van der Waals surface area contributed by atoms with Gasteiger partial charge in [0, 0.05) is 45.3 Å². The third-order valence-corrected chi connectivity index (χ3v) is 7.96. The highest BCUT2D eigenvalue weighted by Crippen LogP contribution is 2.53. The third-order valence-electron chi connectivity index (χ3n) is 7.96. The van der Waals surface area contributed by atoms with Gasteiger partial charge in [0.15, 0.2) is 0 Å². The number of aromatic nitrogens is 2. The summed E-state index contributed by atoms with van der Waals surface area (Å²) in [5, 5.41) is 11.4. The molecule has 188 valence electrons. The Morgan fingerprint density at radius 1 is 1.09 bits per heavy atom. The van der Waals surface area contributed by atoms with Gasteiger partial charge in [-0.15, -0.1) is 24.8 Å². The lowest BCUT2D eigenvalue weighted by molar-refractivity contribution is -0.0120. The molecule has 6 rings (SSSR count). The maximum atomic E-state index is 13.3. The van der Waals surface area contributed by atoms with Gasteiger partial charge in [-0.25, -0.2) is 4.68 Å². The predicted molar refractivity (Wildman–Crippen MR) is 135 cm³/mol. The molecule has 9 heteroatoms. The number of carbonyl (C=O) groups is 1. The summed E-state index contributed by atoms with van der Waals surface area (Å²) in [7, 11) is 0. The summed E-state index contributed by atoms with van der Waals surface area (Å²) in [6, 6.07) is 0.336. The lowest BCUT2D eigenvalue weighted by atomic mass is 9.54. The Morgan fingerprint density at radius 2 is 1.73 bits per heavy atom. The Labute approximate surface area is 210 Å². The van der Waals surface area contributed by atoms with E-state index in [2.05, 4.69) is 20.6 Å². The molecular weight excluding hydrogens is 461 g/mol. The first-order chi connectivity index (χ1) is 15.1. The average Bonchev–Trinajstić information content (AvgIpc) is 3.13. The molecule has 1 saturated heterocycles. The van der Waals surface area contributed by atoms with Crippen LogP contribution in [0.25, 0.3) is 0 Å². The average molecular weight is 503 g/mol. The van der Waals surface area contributed by atoms with Crippen molar-refractivity contribution in [3.05, 3.63) is 11.8 Å². The molecule has 1 amide bonds. The molecular formula is C24H41Cl2N5O2. The summed E-state index contributed by atoms with van der Waals surface area (Å²) in [4.78, 5) is 15.8. The van der Waals surface area contributed by atoms with Crippen LogP contribution in [0.2, 0.25) is 0 Å². The minimum absolute atomic E-state index is 0. The van der Waals surface area contributed by atoms with Crippen LogP contribution in [0.3, 0.4) is 0 Å². The van der Waals surface area contributed by atoms with Gasteiger partial charge in [-0.2, -0.15) is 5.10 Å². The number of aryl methyl sites for hydroxylation is 1. The van der Waals surface area contributed by atoms with Crippen LogP contribution in [0.4, 0.5) is 0 Å². The van der Waals surface area contributed by atoms with Gasteiger partial charge in [-0.05, 0) is 76.0 Å². The number of rotatable bonds is 8. The van der Waals surface area contributed by atoms with Gasteiger partial charge >= 0.3 is 0 Å². The lowest BCUT2D eigenvalue weighted by Gasteiger charge is -2.54. The first kappa shape index (κ1) is 26.6. The van der Waals surface area contributed by atoms with E-state index in [1.807, 2.05) is 18.5 Å². The summed E-state index contributed by atoms with van der Waals surface area (Å²) >= 11 is 0. The van der Waals surface area contributed by atoms with E-state index in [0.717, 1.165) is 57.5 Å². The van der Waals surface area contributed by atoms with Crippen molar-refractivity contribution in [1.29, 1.82) is 0 Å². The van der Waals surface area contributed by atoms with Crippen LogP contribution in [-0.2, 0) is 6.54 Å². The van der Waals surface area contributed by atoms with Crippen molar-refractivity contribution in [3.8, 4) is 5.88 Å². The predicted octanol–water partition coefficient (Wildman–Crippen LogP) is 3.36. The van der Waals surface area contributed by atoms with Crippen LogP contribution < -0.4 is 15.4 Å². The van der Waals surface area contributed by atoms with Crippen LogP contribution in [0.15, 0.2) is 6.20 Å². The summed E-state index contributed by atoms with van der Waals surface area (Å²) < 4.78 is 8.00. The number of ether oxygens (including phenoxy) is 1. The molecule has 0 atom stereocenters. The molecule has 1 aromatic heterocycles. The van der Waals surface area contributed by atoms with Crippen LogP contribution in [0.1, 0.15) is 62.7 Å². The van der Waals surface area contributed by atoms with Crippen LogP contribution in [-0.4, -0.2) is 65.5 Å². The fraction of sp³-hybridized carbons (Fsp3) is 0.833. The van der Waals surface area contributed by atoms with E-state index in [4.69, 9.17) is 4.74 Å². The second-order valence-electron chi connectivity index (χ2n) is 10.6. The standard InChI is InChI=1S/C24H39N5O2.2ClH/c1-16(2)31-24-21(15-26-29(24)7-3-6-28-8-4-25-5-9-28)23(30)27-22-19-11-17-10-18(13-19)14-20(22)12-17;;/h15-20,22,25H,3-14H2,1-2H3,(H,27,30);2*1H. The third kappa shape index (κ3) is 5.98. The molecule has 33 heavy (non-hydrogen) atoms. The molecule has 1 aliphatic heterocycles. The van der Waals surface area contributed by atoms with Crippen molar-refractivity contribution in [2.24, 2.45) is 23.7 Å². The first-order valence-corrected chi connectivity index (χ1v) is 12.5. The molecule has 0 unspecified atom stereocenters. The monoisotopic (exact) mass is 501 g/mol. The zero-order valence-electron chi connectivity index (χ0n) is 20.0. The number of halogens is 2. The summed E-state index contributed by atoms with van der Waals surface area (Å²) in [5.74, 6) is 3.80. The van der Waals surface area contributed by atoms with Crippen LogP contribution >= 0.6 is 24.8 Å². The van der Waals surface area contributed by atoms with Crippen molar-refractivity contribution >= 4 is 30.7 Å². The smallest absolute Gasteiger partial charge is 0.258 e. The fourth-order valence-electron chi connectivity index (χ4n) is 6.81. The Bertz CT molecular complexity index is 753. The van der Waals surface area contributed by atoms with Crippen molar-refractivity contribution in [1.82, 2.24) is 25.3 Å². The lowest BCUT2D eigenvalue weighted by Crippen LogP contribution is -2.55. The first-order valence-electron chi connectivity index (χ1n) is 12.5. The van der Waals surface area contributed by atoms with Crippen molar-refractivity contribution in [3.63, 3.8) is 0 Å². The normalized spacial score (nSPS) is 30.6. The molecule has 4 aliphatic carbocycles. The highest BCUT2D eigenvalue weighted by atomic mass is 35.5. The molecule has 7 nitrogen and oxygen atoms in total. The van der Waals surface area contributed by atoms with E-state index in [0.29, 0.717) is 29.3 Å². The highest BCUT2D eigenvalue weighted by Gasteiger charge is 2.48. The topological polar surface area (TPSA) is 71.4 Å². The molecule has 1 aromatic rings. The molecule has 5 aliphatic rings. The number of carbonyl (C=O) groups excluding carboxylic acids is 1. The van der Waals surface area contributed by atoms with E-state index >= 15 is 0 Å². The van der Waals surface area contributed by atoms with Gasteiger partial charge in [0.2, 0.25) is 5.88 Å². The van der Waals surface area contributed by atoms with Gasteiger partial charge in [0.25, 0.3) is 5.91 Å². The minimum atomic E-state index is 0. The van der Waals surface area contributed by atoms with Gasteiger partial charge in [0.1, 0.15) is 5.56 Å². The molecule has 5 fully saturated rings. The molecule has 0 spiro atoms. The quantitative estimate of drug-likeness (QED) is 0.571. The number of piperazine rings is 1. The number of nitrogens with zero attached hydrogens (tertiary/aromatic N) is 3. The van der Waals surface area contributed by atoms with Crippen molar-refractivity contribution < 1.29 is 9.53 Å². The number of amides is 1. The minimum Gasteiger partial charge on any atom is -0.475 e. The SMILES string of the molecule is CC(C)Oc1c(C(=O)NC2C3CC4CC(C3)CC2C4)cnn1CCCN1CCNCC1.Cl.Cl. The van der Waals surface area contributed by atoms with E-state index in [1.54, 1.807) is 6.20 Å². The molecule has 2 N–H and O–H groups in total. The molecule has 4 saturated carbocycles. The van der Waals surface area contributed by atoms with Gasteiger partial charge in [-0.1, -0.05) is 0 Å². The van der Waals surface area contributed by atoms with Gasteiger partial charge < -0.3 is 20.3 Å². The summed E-state index contributed by atoms with van der Waals surface area (Å²) in [6.07, 6.45) is 9.38. The van der Waals surface area contributed by atoms with E-state index in [9.17, 15) is 4.79 Å². The molecule has 2 heterocycles. The second kappa shape index (κ2) is 11.6. The van der Waals surface area contributed by atoms with Crippen LogP contribution in [0, 0.1) is 23.7 Å². The fourth-order valence-corrected chi connectivity index (χ4v) is 6.81. The number of hydrogen-bond donors (Lipinski definition) is 2. The van der Waals surface area contributed by atoms with Crippen LogP contribution in [0.5, 0.6) is 5.88 Å². The Hall–Kier alpha value is -1.02. The zero-order valence-corrected chi connectivity index (χ0v) is 21.6. The second-order valence-corrected chi connectivity index (χ2v) is 10.6. The van der Waals surface area contributed by atoms with E-state index in [-0.39, 0.29) is 36.8 Å². The van der Waals surface area contributed by atoms with Gasteiger partial charge in [0.05, 0.1) is 12.3 Å². The zero-order chi connectivity index (χ0) is 21.4. The molecule has 0 aromatic carbocycles. The Balaban J connectivity index is 0.00000153. The summed E-state index contributed by atoms with van der Waals surface area (Å²) in [6.45, 7) is 10.2. The number of hydrogen-bond acceptors (Lipinski definition) is 5. The highest BCUT2D eigenvalue weighted by molar-refractivity contribution is 5.96. The van der Waals surface area contributed by atoms with Crippen molar-refractivity contribution in [2.45, 2.75) is 71.1 Å². The number of nitrogens with one attached hydrogen (secondary N) is 2. The summed E-state index contributed by atoms with van der Waals surface area (Å²) in [5.41, 5.74) is 0.602. The maximum Gasteiger partial charge on any atom is 0.258 e. The maximum absolute atomic E-state index is 13.3. The Kier molecular flexibility index (Phi) is 9.35.